The van der Waals surface area contributed by atoms with E-state index in [0.717, 1.165) is 33.8 Å². The summed E-state index contributed by atoms with van der Waals surface area (Å²) in [6.45, 7) is 7.87. The highest BCUT2D eigenvalue weighted by Crippen LogP contribution is 2.23. The number of rotatable bonds is 6. The molecule has 0 aliphatic heterocycles. The van der Waals surface area contributed by atoms with E-state index < -0.39 is 0 Å². The summed E-state index contributed by atoms with van der Waals surface area (Å²) in [5, 5.41) is 8.89. The standard InChI is InChI=1S/C20H25N3O2/c1-5-19(24)23-18-8-6-7-17(15(18)4)21-12-20(25)22-16-10-13(2)9-14(3)11-16/h6-11,21H,5,12H2,1-4H3,(H,22,25)(H,23,24). The summed E-state index contributed by atoms with van der Waals surface area (Å²) < 4.78 is 0. The molecule has 3 N–H and O–H groups in total. The van der Waals surface area contributed by atoms with Gasteiger partial charge in [0.2, 0.25) is 11.8 Å². The van der Waals surface area contributed by atoms with Gasteiger partial charge < -0.3 is 16.0 Å². The van der Waals surface area contributed by atoms with Crippen LogP contribution in [-0.4, -0.2) is 18.4 Å². The molecule has 0 unspecified atom stereocenters. The normalized spacial score (nSPS) is 10.2. The summed E-state index contributed by atoms with van der Waals surface area (Å²) in [6, 6.07) is 11.5. The van der Waals surface area contributed by atoms with Crippen LogP contribution in [0, 0.1) is 20.8 Å². The highest BCUT2D eigenvalue weighted by molar-refractivity contribution is 5.95. The Morgan fingerprint density at radius 2 is 1.52 bits per heavy atom. The Labute approximate surface area is 148 Å². The number of aryl methyl sites for hydroxylation is 2. The topological polar surface area (TPSA) is 70.2 Å². The molecular weight excluding hydrogens is 314 g/mol. The van der Waals surface area contributed by atoms with Crippen LogP contribution in [-0.2, 0) is 9.59 Å². The summed E-state index contributed by atoms with van der Waals surface area (Å²) in [7, 11) is 0. The molecule has 0 atom stereocenters. The third-order valence-electron chi connectivity index (χ3n) is 3.87. The minimum Gasteiger partial charge on any atom is -0.376 e. The average Bonchev–Trinajstić information content (AvgIpc) is 2.54. The third kappa shape index (κ3) is 5.35. The molecule has 0 fully saturated rings. The maximum Gasteiger partial charge on any atom is 0.243 e. The fourth-order valence-electron chi connectivity index (χ4n) is 2.63. The Hall–Kier alpha value is -2.82. The van der Waals surface area contributed by atoms with Gasteiger partial charge in [-0.1, -0.05) is 19.1 Å². The summed E-state index contributed by atoms with van der Waals surface area (Å²) >= 11 is 0. The van der Waals surface area contributed by atoms with Crippen LogP contribution in [0.15, 0.2) is 36.4 Å². The molecule has 0 spiro atoms. The van der Waals surface area contributed by atoms with E-state index in [9.17, 15) is 9.59 Å². The van der Waals surface area contributed by atoms with E-state index in [1.54, 1.807) is 0 Å². The zero-order chi connectivity index (χ0) is 18.4. The van der Waals surface area contributed by atoms with E-state index in [1.165, 1.54) is 0 Å². The molecule has 0 heterocycles. The molecule has 25 heavy (non-hydrogen) atoms. The minimum absolute atomic E-state index is 0.0344. The third-order valence-corrected chi connectivity index (χ3v) is 3.87. The fourth-order valence-corrected chi connectivity index (χ4v) is 2.63. The maximum absolute atomic E-state index is 12.2. The first kappa shape index (κ1) is 18.5. The number of amides is 2. The van der Waals surface area contributed by atoms with Crippen molar-refractivity contribution in [3.8, 4) is 0 Å². The first-order chi connectivity index (χ1) is 11.9. The van der Waals surface area contributed by atoms with E-state index in [-0.39, 0.29) is 18.4 Å². The van der Waals surface area contributed by atoms with Crippen molar-refractivity contribution >= 4 is 28.9 Å². The molecule has 0 aromatic heterocycles. The van der Waals surface area contributed by atoms with Crippen molar-refractivity contribution in [1.29, 1.82) is 0 Å². The number of carbonyl (C=O) groups is 2. The molecule has 132 valence electrons. The number of anilines is 3. The van der Waals surface area contributed by atoms with Crippen molar-refractivity contribution < 1.29 is 9.59 Å². The Bertz CT molecular complexity index is 764. The molecule has 2 aromatic carbocycles. The lowest BCUT2D eigenvalue weighted by Crippen LogP contribution is -2.22. The highest BCUT2D eigenvalue weighted by Gasteiger charge is 2.08. The predicted octanol–water partition coefficient (Wildman–Crippen LogP) is 4.01. The van der Waals surface area contributed by atoms with Gasteiger partial charge in [0.15, 0.2) is 0 Å². The van der Waals surface area contributed by atoms with Crippen molar-refractivity contribution in [3.63, 3.8) is 0 Å². The van der Waals surface area contributed by atoms with Gasteiger partial charge in [0.05, 0.1) is 6.54 Å². The second kappa shape index (κ2) is 8.33. The molecule has 2 rings (SSSR count). The Balaban J connectivity index is 1.99. The van der Waals surface area contributed by atoms with E-state index in [0.29, 0.717) is 6.42 Å². The number of hydrogen-bond acceptors (Lipinski definition) is 3. The van der Waals surface area contributed by atoms with Crippen LogP contribution in [0.3, 0.4) is 0 Å². The van der Waals surface area contributed by atoms with Gasteiger partial charge in [-0.05, 0) is 61.7 Å². The quantitative estimate of drug-likeness (QED) is 0.745. The van der Waals surface area contributed by atoms with Crippen molar-refractivity contribution in [2.75, 3.05) is 22.5 Å². The van der Waals surface area contributed by atoms with Gasteiger partial charge in [-0.25, -0.2) is 0 Å². The van der Waals surface area contributed by atoms with Crippen molar-refractivity contribution in [2.24, 2.45) is 0 Å². The van der Waals surface area contributed by atoms with Crippen LogP contribution in [0.4, 0.5) is 17.1 Å². The summed E-state index contributed by atoms with van der Waals surface area (Å²) in [5.41, 5.74) is 5.50. The van der Waals surface area contributed by atoms with Gasteiger partial charge in [0.1, 0.15) is 0 Å². The first-order valence-corrected chi connectivity index (χ1v) is 8.40. The van der Waals surface area contributed by atoms with Gasteiger partial charge in [-0.3, -0.25) is 9.59 Å². The maximum atomic E-state index is 12.2. The van der Waals surface area contributed by atoms with Crippen molar-refractivity contribution in [1.82, 2.24) is 0 Å². The average molecular weight is 339 g/mol. The highest BCUT2D eigenvalue weighted by atomic mass is 16.2. The zero-order valence-corrected chi connectivity index (χ0v) is 15.2. The molecule has 2 aromatic rings. The van der Waals surface area contributed by atoms with E-state index in [1.807, 2.05) is 58.0 Å². The molecule has 0 saturated heterocycles. The van der Waals surface area contributed by atoms with Crippen LogP contribution in [0.1, 0.15) is 30.0 Å². The second-order valence-corrected chi connectivity index (χ2v) is 6.16. The number of hydrogen-bond donors (Lipinski definition) is 3. The molecule has 0 aliphatic carbocycles. The first-order valence-electron chi connectivity index (χ1n) is 8.40. The number of nitrogens with one attached hydrogen (secondary N) is 3. The molecule has 5 heteroatoms. The predicted molar refractivity (Wildman–Crippen MR) is 103 cm³/mol. The Kier molecular flexibility index (Phi) is 6.17. The lowest BCUT2D eigenvalue weighted by molar-refractivity contribution is -0.116. The SMILES string of the molecule is CCC(=O)Nc1cccc(NCC(=O)Nc2cc(C)cc(C)c2)c1C. The molecule has 0 radical (unpaired) electrons. The summed E-state index contributed by atoms with van der Waals surface area (Å²) in [5.74, 6) is -0.153. The van der Waals surface area contributed by atoms with Crippen LogP contribution < -0.4 is 16.0 Å². The Morgan fingerprint density at radius 3 is 2.16 bits per heavy atom. The van der Waals surface area contributed by atoms with Gasteiger partial charge >= 0.3 is 0 Å². The van der Waals surface area contributed by atoms with Crippen LogP contribution in [0.2, 0.25) is 0 Å². The molecule has 0 aliphatic rings. The smallest absolute Gasteiger partial charge is 0.243 e. The molecule has 2 amide bonds. The molecular formula is C20H25N3O2. The second-order valence-electron chi connectivity index (χ2n) is 6.16. The lowest BCUT2D eigenvalue weighted by atomic mass is 10.1. The largest absolute Gasteiger partial charge is 0.376 e. The van der Waals surface area contributed by atoms with Crippen LogP contribution >= 0.6 is 0 Å². The van der Waals surface area contributed by atoms with Gasteiger partial charge in [-0.15, -0.1) is 0 Å². The fraction of sp³-hybridized carbons (Fsp3) is 0.300. The lowest BCUT2D eigenvalue weighted by Gasteiger charge is -2.14. The summed E-state index contributed by atoms with van der Waals surface area (Å²) in [6.07, 6.45) is 0.426. The molecule has 5 nitrogen and oxygen atoms in total. The van der Waals surface area contributed by atoms with Crippen molar-refractivity contribution in [3.05, 3.63) is 53.1 Å². The Morgan fingerprint density at radius 1 is 0.880 bits per heavy atom. The zero-order valence-electron chi connectivity index (χ0n) is 15.2. The van der Waals surface area contributed by atoms with E-state index in [4.69, 9.17) is 0 Å². The van der Waals surface area contributed by atoms with E-state index >= 15 is 0 Å². The van der Waals surface area contributed by atoms with Gasteiger partial charge in [-0.2, -0.15) is 0 Å². The molecule has 0 saturated carbocycles. The molecule has 0 bridgehead atoms. The summed E-state index contributed by atoms with van der Waals surface area (Å²) in [4.78, 5) is 23.8. The van der Waals surface area contributed by atoms with Gasteiger partial charge in [0, 0.05) is 23.5 Å². The minimum atomic E-state index is -0.118. The van der Waals surface area contributed by atoms with Gasteiger partial charge in [0.25, 0.3) is 0 Å². The van der Waals surface area contributed by atoms with Crippen LogP contribution in [0.5, 0.6) is 0 Å². The van der Waals surface area contributed by atoms with Crippen molar-refractivity contribution in [2.45, 2.75) is 34.1 Å². The monoisotopic (exact) mass is 339 g/mol. The number of benzene rings is 2. The van der Waals surface area contributed by atoms with Crippen LogP contribution in [0.25, 0.3) is 0 Å². The van der Waals surface area contributed by atoms with E-state index in [2.05, 4.69) is 22.0 Å². The number of carbonyl (C=O) groups excluding carboxylic acids is 2.